The number of hydrogen-bond donors (Lipinski definition) is 2. The van der Waals surface area contributed by atoms with Gasteiger partial charge >= 0.3 is 6.18 Å². The number of allylic oxidation sites excluding steroid dienone is 2. The van der Waals surface area contributed by atoms with Crippen LogP contribution in [-0.4, -0.2) is 88.0 Å². The molecule has 12 nitrogen and oxygen atoms in total. The number of aromatic nitrogens is 2. The van der Waals surface area contributed by atoms with Crippen molar-refractivity contribution in [3.63, 3.8) is 0 Å². The Kier molecular flexibility index (Phi) is 10.3. The van der Waals surface area contributed by atoms with Gasteiger partial charge in [-0.25, -0.2) is 18.4 Å². The summed E-state index contributed by atoms with van der Waals surface area (Å²) in [6.07, 6.45) is 2.21. The highest BCUT2D eigenvalue weighted by Gasteiger charge is 2.62. The number of pyridine rings is 1. The molecule has 2 aromatic heterocycles. The van der Waals surface area contributed by atoms with Crippen molar-refractivity contribution in [2.75, 3.05) is 20.1 Å². The van der Waals surface area contributed by atoms with Gasteiger partial charge in [0.15, 0.2) is 5.69 Å². The van der Waals surface area contributed by atoms with Crippen molar-refractivity contribution < 1.29 is 45.8 Å². The number of likely N-dealkylation sites (N-methyl/N-ethyl adjacent to an activating group) is 1. The van der Waals surface area contributed by atoms with Crippen molar-refractivity contribution in [1.29, 1.82) is 0 Å². The first kappa shape index (κ1) is 39.2. The fourth-order valence-corrected chi connectivity index (χ4v) is 9.73. The van der Waals surface area contributed by atoms with E-state index in [4.69, 9.17) is 4.74 Å². The van der Waals surface area contributed by atoms with E-state index in [9.17, 15) is 41.1 Å². The van der Waals surface area contributed by atoms with Gasteiger partial charge in [0.25, 0.3) is 0 Å². The van der Waals surface area contributed by atoms with Gasteiger partial charge in [-0.2, -0.15) is 13.2 Å². The summed E-state index contributed by atoms with van der Waals surface area (Å²) in [7, 11) is -2.28. The third kappa shape index (κ3) is 7.58. The smallest absolute Gasteiger partial charge is 0.434 e. The second-order valence-corrected chi connectivity index (χ2v) is 18.6. The molecule has 1 saturated heterocycles. The lowest BCUT2D eigenvalue weighted by Crippen LogP contribution is -2.57. The first-order valence-electron chi connectivity index (χ1n) is 18.5. The highest BCUT2D eigenvalue weighted by molar-refractivity contribution is 7.91. The molecule has 2 N–H and O–H groups in total. The van der Waals surface area contributed by atoms with Crippen LogP contribution in [0.3, 0.4) is 0 Å². The Balaban J connectivity index is 1.21. The van der Waals surface area contributed by atoms with Gasteiger partial charge in [-0.1, -0.05) is 18.2 Å². The fraction of sp³-hybridized carbons (Fsp3) is 0.553. The number of benzene rings is 1. The average molecular weight is 804 g/mol. The number of aliphatic hydroxyl groups excluding tert-OH is 1. The van der Waals surface area contributed by atoms with Gasteiger partial charge in [-0.05, 0) is 88.3 Å². The van der Waals surface area contributed by atoms with Gasteiger partial charge in [0.1, 0.15) is 28.6 Å². The Labute approximate surface area is 321 Å². The van der Waals surface area contributed by atoms with Gasteiger partial charge in [0, 0.05) is 36.8 Å². The Morgan fingerprint density at radius 1 is 1.16 bits per heavy atom. The zero-order valence-electron chi connectivity index (χ0n) is 30.8. The number of sulfonamides is 1. The standard InChI is InChI=1S/C38H44F3N5O7S2/c1-22-23(20-47)9-11-26-29(16-27(42-32(22)26)33-43-30(21-54-33)38(39,40)41)53-25-10-12-28-34(49)45(3)15-7-5-4-6-8-24-17-37(24,18-31(48)46(28)19-25)35(50)44-55(51,52)36(2)13-14-36/h6,8-9,11,16,21,24-25,28,47H,4-5,7,10,12-15,17-20H2,1-3H3,(H,44,50)/b8-6-/t24-,25+,28+,37-/m1/s1. The van der Waals surface area contributed by atoms with Crippen molar-refractivity contribution in [3.8, 4) is 16.5 Å². The van der Waals surface area contributed by atoms with Crippen molar-refractivity contribution >= 4 is 50.0 Å². The molecule has 17 heteroatoms. The molecule has 3 amide bonds. The largest absolute Gasteiger partial charge is 0.488 e. The summed E-state index contributed by atoms with van der Waals surface area (Å²) in [6.45, 7) is 3.49. The summed E-state index contributed by atoms with van der Waals surface area (Å²) < 4.78 is 74.6. The minimum Gasteiger partial charge on any atom is -0.488 e. The van der Waals surface area contributed by atoms with Crippen LogP contribution in [0.15, 0.2) is 35.7 Å². The number of carbonyl (C=O) groups excluding carboxylic acids is 3. The summed E-state index contributed by atoms with van der Waals surface area (Å²) in [5, 5.41) is 11.4. The number of piperidine rings is 1. The summed E-state index contributed by atoms with van der Waals surface area (Å²) in [4.78, 5) is 53.7. The second-order valence-electron chi connectivity index (χ2n) is 15.5. The van der Waals surface area contributed by atoms with Crippen molar-refractivity contribution in [2.24, 2.45) is 11.3 Å². The van der Waals surface area contributed by atoms with E-state index in [1.165, 1.54) is 11.0 Å². The van der Waals surface area contributed by atoms with Crippen LogP contribution in [-0.2, 0) is 37.2 Å². The first-order chi connectivity index (χ1) is 26.0. The zero-order valence-corrected chi connectivity index (χ0v) is 32.5. The molecule has 2 aliphatic heterocycles. The van der Waals surface area contributed by atoms with E-state index in [1.807, 2.05) is 12.2 Å². The van der Waals surface area contributed by atoms with Crippen LogP contribution < -0.4 is 9.46 Å². The fourth-order valence-electron chi connectivity index (χ4n) is 7.61. The number of amides is 3. The molecule has 0 unspecified atom stereocenters. The molecule has 4 heterocycles. The molecule has 0 bridgehead atoms. The third-order valence-electron chi connectivity index (χ3n) is 11.7. The minimum absolute atomic E-state index is 0.0180. The molecule has 7 rings (SSSR count). The normalized spacial score (nSPS) is 26.5. The molecule has 4 aliphatic rings. The van der Waals surface area contributed by atoms with Crippen LogP contribution in [0.1, 0.15) is 81.5 Å². The molecule has 3 fully saturated rings. The number of alkyl halides is 3. The minimum atomic E-state index is -4.65. The molecule has 4 atom stereocenters. The highest BCUT2D eigenvalue weighted by atomic mass is 32.2. The van der Waals surface area contributed by atoms with E-state index in [1.54, 1.807) is 37.9 Å². The summed E-state index contributed by atoms with van der Waals surface area (Å²) in [5.74, 6) is -1.52. The van der Waals surface area contributed by atoms with Crippen LogP contribution in [0.4, 0.5) is 13.2 Å². The number of aliphatic hydroxyl groups is 1. The van der Waals surface area contributed by atoms with Gasteiger partial charge < -0.3 is 19.6 Å². The Morgan fingerprint density at radius 2 is 1.93 bits per heavy atom. The first-order valence-corrected chi connectivity index (χ1v) is 20.8. The predicted octanol–water partition coefficient (Wildman–Crippen LogP) is 5.51. The predicted molar refractivity (Wildman–Crippen MR) is 198 cm³/mol. The third-order valence-corrected chi connectivity index (χ3v) is 14.7. The number of hydrogen-bond acceptors (Lipinski definition) is 10. The van der Waals surface area contributed by atoms with Crippen LogP contribution in [0, 0.1) is 18.3 Å². The molecular formula is C38H44F3N5O7S2. The molecule has 55 heavy (non-hydrogen) atoms. The molecule has 0 radical (unpaired) electrons. The van der Waals surface area contributed by atoms with E-state index in [0.717, 1.165) is 29.6 Å². The number of ether oxygens (including phenoxy) is 1. The lowest BCUT2D eigenvalue weighted by Gasteiger charge is -2.41. The number of fused-ring (bicyclic) bond motifs is 3. The van der Waals surface area contributed by atoms with Crippen molar-refractivity contribution in [3.05, 3.63) is 52.6 Å². The molecule has 3 aromatic rings. The lowest BCUT2D eigenvalue weighted by atomic mass is 9.93. The van der Waals surface area contributed by atoms with Crippen LogP contribution in [0.25, 0.3) is 21.6 Å². The van der Waals surface area contributed by atoms with E-state index < -0.39 is 56.0 Å². The van der Waals surface area contributed by atoms with Gasteiger partial charge in [0.05, 0.1) is 28.8 Å². The van der Waals surface area contributed by atoms with Gasteiger partial charge in [-0.3, -0.25) is 19.1 Å². The molecular weight excluding hydrogens is 760 g/mol. The number of halogens is 3. The number of nitrogens with one attached hydrogen (secondary N) is 1. The zero-order chi connectivity index (χ0) is 39.5. The molecule has 2 saturated carbocycles. The molecule has 296 valence electrons. The summed E-state index contributed by atoms with van der Waals surface area (Å²) in [6, 6.07) is 4.08. The second kappa shape index (κ2) is 14.4. The summed E-state index contributed by atoms with van der Waals surface area (Å²) >= 11 is 0.783. The monoisotopic (exact) mass is 803 g/mol. The Bertz CT molecular complexity index is 2170. The number of aryl methyl sites for hydroxylation is 1. The van der Waals surface area contributed by atoms with E-state index in [-0.39, 0.29) is 60.7 Å². The molecule has 0 spiro atoms. The van der Waals surface area contributed by atoms with Crippen LogP contribution in [0.5, 0.6) is 5.75 Å². The maximum Gasteiger partial charge on any atom is 0.434 e. The van der Waals surface area contributed by atoms with Gasteiger partial charge in [0.2, 0.25) is 27.7 Å². The summed E-state index contributed by atoms with van der Waals surface area (Å²) in [5.41, 5.74) is -0.635. The lowest BCUT2D eigenvalue weighted by molar-refractivity contribution is -0.150. The Morgan fingerprint density at radius 3 is 2.62 bits per heavy atom. The van der Waals surface area contributed by atoms with Crippen LogP contribution >= 0.6 is 11.3 Å². The number of thiazole rings is 1. The molecule has 1 aromatic carbocycles. The average Bonchev–Trinajstić information content (AvgIpc) is 3.99. The maximum atomic E-state index is 14.5. The Hall–Kier alpha value is -4.09. The number of carbonyl (C=O) groups is 3. The van der Waals surface area contributed by atoms with E-state index in [2.05, 4.69) is 14.7 Å². The quantitative estimate of drug-likeness (QED) is 0.294. The van der Waals surface area contributed by atoms with E-state index >= 15 is 0 Å². The SMILES string of the molecule is Cc1c(CO)ccc2c(O[C@H]3CC[C@H]4C(=O)N(C)CCCC/C=C\[C@@H]5C[C@@]5(C(=O)NS(=O)(=O)C5(C)CC5)CC(=O)N4C3)cc(-c3nc(C(F)(F)F)cs3)nc12. The molecule has 2 aliphatic carbocycles. The maximum absolute atomic E-state index is 14.5. The van der Waals surface area contributed by atoms with Crippen molar-refractivity contribution in [1.82, 2.24) is 24.5 Å². The number of nitrogens with zero attached hydrogens (tertiary/aromatic N) is 4. The van der Waals surface area contributed by atoms with E-state index in [0.29, 0.717) is 54.3 Å². The van der Waals surface area contributed by atoms with Gasteiger partial charge in [-0.15, -0.1) is 11.3 Å². The highest BCUT2D eigenvalue weighted by Crippen LogP contribution is 2.57. The van der Waals surface area contributed by atoms with Crippen molar-refractivity contribution in [2.45, 2.75) is 101 Å². The number of rotatable bonds is 7. The topological polar surface area (TPSA) is 159 Å². The van der Waals surface area contributed by atoms with Crippen LogP contribution in [0.2, 0.25) is 0 Å².